The molecule has 8 heteroatoms. The first kappa shape index (κ1) is 17.1. The lowest BCUT2D eigenvalue weighted by atomic mass is 9.74. The van der Waals surface area contributed by atoms with Crippen LogP contribution in [0.3, 0.4) is 0 Å². The van der Waals surface area contributed by atoms with Gasteiger partial charge in [-0.05, 0) is 30.5 Å². The zero-order valence-corrected chi connectivity index (χ0v) is 14.6. The highest BCUT2D eigenvalue weighted by Crippen LogP contribution is 2.36. The molecule has 27 heavy (non-hydrogen) atoms. The number of piperidine rings is 1. The van der Waals surface area contributed by atoms with Gasteiger partial charge in [0, 0.05) is 13.1 Å². The maximum atomic E-state index is 9.80. The standard InChI is InChI=1S/C19H18N6O2/c20-13-19(14-4-2-1-3-5-14)8-10-25(11-9-19)17-7-6-15(22-23-17)18-21-16(12-26)24-27-18/h1-7,26H,8-12H2. The summed E-state index contributed by atoms with van der Waals surface area (Å²) in [6.45, 7) is 1.17. The highest BCUT2D eigenvalue weighted by Gasteiger charge is 2.36. The van der Waals surface area contributed by atoms with Gasteiger partial charge in [-0.1, -0.05) is 35.5 Å². The molecule has 1 aliphatic heterocycles. The summed E-state index contributed by atoms with van der Waals surface area (Å²) in [5, 5.41) is 30.9. The molecule has 3 aromatic rings. The Balaban J connectivity index is 1.47. The third-order valence-corrected chi connectivity index (χ3v) is 4.96. The average Bonchev–Trinajstić information content (AvgIpc) is 3.24. The van der Waals surface area contributed by atoms with Crippen LogP contribution in [0.25, 0.3) is 11.6 Å². The Morgan fingerprint density at radius 2 is 1.89 bits per heavy atom. The minimum Gasteiger partial charge on any atom is -0.388 e. The van der Waals surface area contributed by atoms with Gasteiger partial charge < -0.3 is 14.5 Å². The SMILES string of the molecule is N#CC1(c2ccccc2)CCN(c2ccc(-c3nc(CO)no3)nn2)CC1. The Morgan fingerprint density at radius 3 is 2.48 bits per heavy atom. The molecule has 0 radical (unpaired) electrons. The molecule has 4 rings (SSSR count). The van der Waals surface area contributed by atoms with Crippen LogP contribution in [0.5, 0.6) is 0 Å². The molecular formula is C19H18N6O2. The summed E-state index contributed by atoms with van der Waals surface area (Å²) in [7, 11) is 0. The molecule has 0 spiro atoms. The first-order valence-corrected chi connectivity index (χ1v) is 8.73. The zero-order chi connectivity index (χ0) is 18.7. The summed E-state index contributed by atoms with van der Waals surface area (Å²) in [6, 6.07) is 16.1. The number of nitrogens with zero attached hydrogens (tertiary/aromatic N) is 6. The van der Waals surface area contributed by atoms with E-state index in [0.29, 0.717) is 5.69 Å². The highest BCUT2D eigenvalue weighted by molar-refractivity contribution is 5.50. The summed E-state index contributed by atoms with van der Waals surface area (Å²) in [6.07, 6.45) is 1.47. The lowest BCUT2D eigenvalue weighted by Crippen LogP contribution is -2.42. The normalized spacial score (nSPS) is 16.1. The van der Waals surface area contributed by atoms with Crippen LogP contribution >= 0.6 is 0 Å². The van der Waals surface area contributed by atoms with E-state index < -0.39 is 5.41 Å². The van der Waals surface area contributed by atoms with Crippen LogP contribution in [0.1, 0.15) is 24.2 Å². The van der Waals surface area contributed by atoms with Crippen molar-refractivity contribution in [2.45, 2.75) is 24.9 Å². The predicted molar refractivity (Wildman–Crippen MR) is 96.4 cm³/mol. The molecule has 0 bridgehead atoms. The number of aliphatic hydroxyl groups is 1. The van der Waals surface area contributed by atoms with Gasteiger partial charge in [0.2, 0.25) is 0 Å². The first-order chi connectivity index (χ1) is 13.2. The summed E-state index contributed by atoms with van der Waals surface area (Å²) in [4.78, 5) is 6.15. The van der Waals surface area contributed by atoms with Gasteiger partial charge in [0.05, 0.1) is 11.5 Å². The largest absolute Gasteiger partial charge is 0.388 e. The lowest BCUT2D eigenvalue weighted by Gasteiger charge is -2.38. The number of benzene rings is 1. The summed E-state index contributed by atoms with van der Waals surface area (Å²) < 4.78 is 5.04. The Labute approximate surface area is 156 Å². The van der Waals surface area contributed by atoms with Crippen LogP contribution in [0.15, 0.2) is 47.0 Å². The summed E-state index contributed by atoms with van der Waals surface area (Å²) >= 11 is 0. The molecule has 1 N–H and O–H groups in total. The van der Waals surface area contributed by atoms with Gasteiger partial charge in [0.15, 0.2) is 17.3 Å². The fraction of sp³-hybridized carbons (Fsp3) is 0.316. The van der Waals surface area contributed by atoms with Crippen molar-refractivity contribution in [3.63, 3.8) is 0 Å². The second-order valence-corrected chi connectivity index (χ2v) is 6.50. The molecule has 0 aliphatic carbocycles. The quantitative estimate of drug-likeness (QED) is 0.751. The molecular weight excluding hydrogens is 344 g/mol. The predicted octanol–water partition coefficient (Wildman–Crippen LogP) is 2.08. The van der Waals surface area contributed by atoms with Gasteiger partial charge >= 0.3 is 0 Å². The van der Waals surface area contributed by atoms with Gasteiger partial charge in [0.1, 0.15) is 6.61 Å². The van der Waals surface area contributed by atoms with Crippen molar-refractivity contribution >= 4 is 5.82 Å². The third kappa shape index (κ3) is 3.25. The van der Waals surface area contributed by atoms with Gasteiger partial charge in [-0.15, -0.1) is 10.2 Å². The Kier molecular flexibility index (Phi) is 4.52. The molecule has 136 valence electrons. The minimum absolute atomic E-state index is 0.209. The first-order valence-electron chi connectivity index (χ1n) is 8.73. The van der Waals surface area contributed by atoms with Gasteiger partial charge in [0.25, 0.3) is 5.89 Å². The van der Waals surface area contributed by atoms with E-state index in [9.17, 15) is 5.26 Å². The van der Waals surface area contributed by atoms with Crippen LogP contribution in [-0.2, 0) is 12.0 Å². The lowest BCUT2D eigenvalue weighted by molar-refractivity contribution is 0.264. The molecule has 1 saturated heterocycles. The van der Waals surface area contributed by atoms with E-state index in [4.69, 9.17) is 9.63 Å². The average molecular weight is 362 g/mol. The fourth-order valence-corrected chi connectivity index (χ4v) is 3.37. The molecule has 0 amide bonds. The van der Waals surface area contributed by atoms with Crippen molar-refractivity contribution in [3.05, 3.63) is 53.9 Å². The topological polar surface area (TPSA) is 112 Å². The Hall–Kier alpha value is -3.31. The number of aliphatic hydroxyl groups excluding tert-OH is 1. The molecule has 3 heterocycles. The van der Waals surface area contributed by atoms with Crippen LogP contribution in [-0.4, -0.2) is 38.5 Å². The molecule has 0 unspecified atom stereocenters. The number of hydrogen-bond acceptors (Lipinski definition) is 8. The molecule has 1 aliphatic rings. The zero-order valence-electron chi connectivity index (χ0n) is 14.6. The number of nitriles is 1. The maximum Gasteiger partial charge on any atom is 0.278 e. The van der Waals surface area contributed by atoms with Crippen molar-refractivity contribution in [2.75, 3.05) is 18.0 Å². The highest BCUT2D eigenvalue weighted by atomic mass is 16.5. The number of anilines is 1. The third-order valence-electron chi connectivity index (χ3n) is 4.96. The van der Waals surface area contributed by atoms with E-state index in [2.05, 4.69) is 31.3 Å². The minimum atomic E-state index is -0.449. The van der Waals surface area contributed by atoms with E-state index in [0.717, 1.165) is 37.3 Å². The Bertz CT molecular complexity index is 940. The molecule has 2 aromatic heterocycles. The Morgan fingerprint density at radius 1 is 1.11 bits per heavy atom. The van der Waals surface area contributed by atoms with Crippen molar-refractivity contribution in [3.8, 4) is 17.7 Å². The summed E-state index contributed by atoms with van der Waals surface area (Å²) in [5.41, 5.74) is 1.08. The smallest absolute Gasteiger partial charge is 0.278 e. The second kappa shape index (κ2) is 7.13. The molecule has 8 nitrogen and oxygen atoms in total. The van der Waals surface area contributed by atoms with E-state index in [-0.39, 0.29) is 18.3 Å². The number of rotatable bonds is 4. The van der Waals surface area contributed by atoms with Crippen LogP contribution in [0.4, 0.5) is 5.82 Å². The van der Waals surface area contributed by atoms with Gasteiger partial charge in [-0.25, -0.2) is 0 Å². The van der Waals surface area contributed by atoms with Crippen LogP contribution in [0.2, 0.25) is 0 Å². The monoisotopic (exact) mass is 362 g/mol. The molecule has 1 aromatic carbocycles. The van der Waals surface area contributed by atoms with Crippen molar-refractivity contribution in [2.24, 2.45) is 0 Å². The molecule has 1 fully saturated rings. The van der Waals surface area contributed by atoms with E-state index in [1.165, 1.54) is 0 Å². The maximum absolute atomic E-state index is 9.80. The van der Waals surface area contributed by atoms with Crippen molar-refractivity contribution in [1.82, 2.24) is 20.3 Å². The van der Waals surface area contributed by atoms with E-state index in [1.807, 2.05) is 36.4 Å². The number of hydrogen-bond donors (Lipinski definition) is 1. The number of aromatic nitrogens is 4. The van der Waals surface area contributed by atoms with Crippen molar-refractivity contribution < 1.29 is 9.63 Å². The van der Waals surface area contributed by atoms with Crippen LogP contribution in [0, 0.1) is 11.3 Å². The molecule has 0 atom stereocenters. The van der Waals surface area contributed by atoms with Crippen LogP contribution < -0.4 is 4.90 Å². The van der Waals surface area contributed by atoms with E-state index >= 15 is 0 Å². The second-order valence-electron chi connectivity index (χ2n) is 6.50. The summed E-state index contributed by atoms with van der Waals surface area (Å²) in [5.74, 6) is 1.19. The van der Waals surface area contributed by atoms with Gasteiger partial charge in [-0.2, -0.15) is 10.2 Å². The molecule has 0 saturated carbocycles. The fourth-order valence-electron chi connectivity index (χ4n) is 3.37. The van der Waals surface area contributed by atoms with Crippen molar-refractivity contribution in [1.29, 1.82) is 5.26 Å². The van der Waals surface area contributed by atoms with Gasteiger partial charge in [-0.3, -0.25) is 0 Å². The van der Waals surface area contributed by atoms with E-state index in [1.54, 1.807) is 6.07 Å².